The summed E-state index contributed by atoms with van der Waals surface area (Å²) in [4.78, 5) is 28.0. The Kier molecular flexibility index (Phi) is 6.28. The van der Waals surface area contributed by atoms with Crippen LogP contribution >= 0.6 is 11.8 Å². The lowest BCUT2D eigenvalue weighted by atomic mass is 10.1. The van der Waals surface area contributed by atoms with Crippen LogP contribution in [0, 0.1) is 0 Å². The first-order valence-electron chi connectivity index (χ1n) is 10.0. The number of aromatic nitrogens is 1. The van der Waals surface area contributed by atoms with Crippen LogP contribution in [0.4, 0.5) is 5.69 Å². The third-order valence-corrected chi connectivity index (χ3v) is 6.63. The fraction of sp³-hybridized carbons (Fsp3) is 0.304. The van der Waals surface area contributed by atoms with Crippen LogP contribution in [-0.4, -0.2) is 41.5 Å². The molecular formula is C23H25N3O3S. The molecule has 1 aliphatic heterocycles. The lowest BCUT2D eigenvalue weighted by Crippen LogP contribution is -2.30. The van der Waals surface area contributed by atoms with Crippen molar-refractivity contribution in [2.45, 2.75) is 24.5 Å². The van der Waals surface area contributed by atoms with Gasteiger partial charge in [0.15, 0.2) is 0 Å². The van der Waals surface area contributed by atoms with Gasteiger partial charge in [0.05, 0.1) is 18.1 Å². The fourth-order valence-corrected chi connectivity index (χ4v) is 4.65. The van der Waals surface area contributed by atoms with E-state index in [0.717, 1.165) is 52.7 Å². The van der Waals surface area contributed by atoms with Crippen molar-refractivity contribution in [3.05, 3.63) is 59.8 Å². The van der Waals surface area contributed by atoms with Gasteiger partial charge in [0.1, 0.15) is 5.75 Å². The second-order valence-electron chi connectivity index (χ2n) is 7.31. The zero-order chi connectivity index (χ0) is 20.9. The number of aromatic amines is 1. The molecule has 0 unspecified atom stereocenters. The number of carbonyl (C=O) groups is 2. The van der Waals surface area contributed by atoms with Crippen molar-refractivity contribution in [1.29, 1.82) is 0 Å². The van der Waals surface area contributed by atoms with E-state index in [2.05, 4.69) is 15.6 Å². The summed E-state index contributed by atoms with van der Waals surface area (Å²) in [6, 6.07) is 13.8. The standard InChI is InChI=1S/C23H25N3O3S/c1-29-17-7-8-20-18(12-17)16(13-25-20)10-11-24-22(27)14-30-21-9-6-15-4-2-3-5-19(15)26-23(21)28/h2-5,7-8,12-13,21,25H,6,9-11,14H2,1H3,(H,24,27)(H,26,28)/t21-/m1/s1. The molecule has 3 aromatic rings. The molecule has 1 aliphatic rings. The number of carbonyl (C=O) groups excluding carboxylic acids is 2. The van der Waals surface area contributed by atoms with Crippen molar-refractivity contribution in [2.24, 2.45) is 0 Å². The number of anilines is 1. The highest BCUT2D eigenvalue weighted by atomic mass is 32.2. The number of aryl methyl sites for hydroxylation is 1. The largest absolute Gasteiger partial charge is 0.497 e. The summed E-state index contributed by atoms with van der Waals surface area (Å²) in [7, 11) is 1.65. The predicted molar refractivity (Wildman–Crippen MR) is 121 cm³/mol. The van der Waals surface area contributed by atoms with Gasteiger partial charge in [0.2, 0.25) is 11.8 Å². The van der Waals surface area contributed by atoms with Crippen LogP contribution in [0.1, 0.15) is 17.5 Å². The summed E-state index contributed by atoms with van der Waals surface area (Å²) >= 11 is 1.41. The van der Waals surface area contributed by atoms with Crippen molar-refractivity contribution in [2.75, 3.05) is 24.7 Å². The molecule has 0 fully saturated rings. The first kappa shape index (κ1) is 20.3. The topological polar surface area (TPSA) is 83.2 Å². The highest BCUT2D eigenvalue weighted by Crippen LogP contribution is 2.27. The van der Waals surface area contributed by atoms with E-state index in [1.165, 1.54) is 11.8 Å². The summed E-state index contributed by atoms with van der Waals surface area (Å²) in [5, 5.41) is 6.83. The number of rotatable bonds is 7. The molecule has 4 rings (SSSR count). The van der Waals surface area contributed by atoms with Gasteiger partial charge < -0.3 is 20.4 Å². The highest BCUT2D eigenvalue weighted by Gasteiger charge is 2.24. The number of benzene rings is 2. The van der Waals surface area contributed by atoms with Gasteiger partial charge in [-0.25, -0.2) is 0 Å². The summed E-state index contributed by atoms with van der Waals surface area (Å²) in [6.45, 7) is 0.547. The Hall–Kier alpha value is -2.93. The molecule has 3 N–H and O–H groups in total. The molecule has 156 valence electrons. The van der Waals surface area contributed by atoms with E-state index in [4.69, 9.17) is 4.74 Å². The molecule has 2 amide bonds. The molecule has 2 heterocycles. The second kappa shape index (κ2) is 9.26. The van der Waals surface area contributed by atoms with Crippen molar-refractivity contribution in [3.63, 3.8) is 0 Å². The molecule has 0 saturated heterocycles. The zero-order valence-electron chi connectivity index (χ0n) is 16.9. The first-order chi connectivity index (χ1) is 14.6. The number of thioether (sulfide) groups is 1. The van der Waals surface area contributed by atoms with Crippen LogP contribution < -0.4 is 15.4 Å². The fourth-order valence-electron chi connectivity index (χ4n) is 3.71. The number of ether oxygens (including phenoxy) is 1. The molecule has 0 spiro atoms. The summed E-state index contributed by atoms with van der Waals surface area (Å²) in [6.07, 6.45) is 4.26. The molecule has 0 bridgehead atoms. The van der Waals surface area contributed by atoms with E-state index in [0.29, 0.717) is 6.54 Å². The molecule has 0 radical (unpaired) electrons. The summed E-state index contributed by atoms with van der Waals surface area (Å²) in [5.41, 5.74) is 4.21. The van der Waals surface area contributed by atoms with Crippen LogP contribution in [0.2, 0.25) is 0 Å². The monoisotopic (exact) mass is 423 g/mol. The van der Waals surface area contributed by atoms with Gasteiger partial charge in [-0.05, 0) is 54.7 Å². The number of para-hydroxylation sites is 1. The second-order valence-corrected chi connectivity index (χ2v) is 8.50. The number of hydrogen-bond donors (Lipinski definition) is 3. The van der Waals surface area contributed by atoms with Crippen LogP contribution in [-0.2, 0) is 22.4 Å². The number of amides is 2. The van der Waals surface area contributed by atoms with Crippen molar-refractivity contribution < 1.29 is 14.3 Å². The maximum atomic E-state index is 12.5. The predicted octanol–water partition coefficient (Wildman–Crippen LogP) is 3.52. The summed E-state index contributed by atoms with van der Waals surface area (Å²) in [5.74, 6) is 1.01. The number of H-pyrrole nitrogens is 1. The Balaban J connectivity index is 1.25. The van der Waals surface area contributed by atoms with E-state index in [-0.39, 0.29) is 22.8 Å². The molecular weight excluding hydrogens is 398 g/mol. The SMILES string of the molecule is COc1ccc2[nH]cc(CCNC(=O)CS[C@@H]3CCc4ccccc4NC3=O)c2c1. The van der Waals surface area contributed by atoms with Crippen LogP contribution in [0.5, 0.6) is 5.75 Å². The molecule has 0 aliphatic carbocycles. The zero-order valence-corrected chi connectivity index (χ0v) is 17.7. The lowest BCUT2D eigenvalue weighted by Gasteiger charge is -2.12. The van der Waals surface area contributed by atoms with Gasteiger partial charge in [-0.3, -0.25) is 9.59 Å². The minimum atomic E-state index is -0.218. The first-order valence-corrected chi connectivity index (χ1v) is 11.1. The van der Waals surface area contributed by atoms with E-state index in [1.807, 2.05) is 48.7 Å². The molecule has 1 atom stereocenters. The third-order valence-electron chi connectivity index (χ3n) is 5.35. The average molecular weight is 424 g/mol. The van der Waals surface area contributed by atoms with Gasteiger partial charge >= 0.3 is 0 Å². The Morgan fingerprint density at radius 2 is 2.13 bits per heavy atom. The smallest absolute Gasteiger partial charge is 0.237 e. The lowest BCUT2D eigenvalue weighted by molar-refractivity contribution is -0.118. The molecule has 2 aromatic carbocycles. The maximum absolute atomic E-state index is 12.5. The maximum Gasteiger partial charge on any atom is 0.237 e. The van der Waals surface area contributed by atoms with Crippen molar-refractivity contribution >= 4 is 40.2 Å². The third kappa shape index (κ3) is 4.62. The van der Waals surface area contributed by atoms with E-state index < -0.39 is 0 Å². The Morgan fingerprint density at radius 3 is 3.00 bits per heavy atom. The minimum Gasteiger partial charge on any atom is -0.497 e. The Labute approximate surface area is 179 Å². The van der Waals surface area contributed by atoms with Crippen LogP contribution in [0.15, 0.2) is 48.7 Å². The number of methoxy groups -OCH3 is 1. The molecule has 0 saturated carbocycles. The van der Waals surface area contributed by atoms with Crippen LogP contribution in [0.3, 0.4) is 0 Å². The number of fused-ring (bicyclic) bond motifs is 2. The normalized spacial score (nSPS) is 15.9. The average Bonchev–Trinajstić information content (AvgIpc) is 3.08. The Bertz CT molecular complexity index is 1060. The molecule has 6 nitrogen and oxygen atoms in total. The van der Waals surface area contributed by atoms with Gasteiger partial charge in [-0.15, -0.1) is 11.8 Å². The van der Waals surface area contributed by atoms with Gasteiger partial charge in [-0.2, -0.15) is 0 Å². The molecule has 30 heavy (non-hydrogen) atoms. The van der Waals surface area contributed by atoms with E-state index in [1.54, 1.807) is 7.11 Å². The minimum absolute atomic E-state index is 0.0227. The van der Waals surface area contributed by atoms with E-state index in [9.17, 15) is 9.59 Å². The van der Waals surface area contributed by atoms with E-state index >= 15 is 0 Å². The molecule has 1 aromatic heterocycles. The van der Waals surface area contributed by atoms with Crippen LogP contribution in [0.25, 0.3) is 10.9 Å². The summed E-state index contributed by atoms with van der Waals surface area (Å²) < 4.78 is 5.30. The van der Waals surface area contributed by atoms with Gasteiger partial charge in [-0.1, -0.05) is 18.2 Å². The van der Waals surface area contributed by atoms with Gasteiger partial charge in [0, 0.05) is 29.3 Å². The van der Waals surface area contributed by atoms with Crippen molar-refractivity contribution in [3.8, 4) is 5.75 Å². The van der Waals surface area contributed by atoms with Gasteiger partial charge in [0.25, 0.3) is 0 Å². The quantitative estimate of drug-likeness (QED) is 0.543. The Morgan fingerprint density at radius 1 is 1.27 bits per heavy atom. The number of nitrogens with one attached hydrogen (secondary N) is 3. The molecule has 7 heteroatoms. The van der Waals surface area contributed by atoms with Crippen molar-refractivity contribution in [1.82, 2.24) is 10.3 Å². The number of hydrogen-bond acceptors (Lipinski definition) is 4. The highest BCUT2D eigenvalue weighted by molar-refractivity contribution is 8.01.